The Hall–Kier alpha value is -2.06. The number of fused-ring (bicyclic) bond motifs is 2. The van der Waals surface area contributed by atoms with Gasteiger partial charge in [0.05, 0.1) is 19.7 Å². The molecule has 1 spiro atoms. The molecular formula is C22H26NO+. The monoisotopic (exact) mass is 320 g/mol. The van der Waals surface area contributed by atoms with Crippen molar-refractivity contribution >= 4 is 6.08 Å². The second-order valence-electron chi connectivity index (χ2n) is 7.04. The third-order valence-corrected chi connectivity index (χ3v) is 5.64. The van der Waals surface area contributed by atoms with Gasteiger partial charge in [-0.1, -0.05) is 48.6 Å². The van der Waals surface area contributed by atoms with E-state index >= 15 is 0 Å². The van der Waals surface area contributed by atoms with Gasteiger partial charge in [0, 0.05) is 23.8 Å². The zero-order valence-electron chi connectivity index (χ0n) is 14.4. The van der Waals surface area contributed by atoms with Crippen molar-refractivity contribution < 1.29 is 9.64 Å². The lowest BCUT2D eigenvalue weighted by Crippen LogP contribution is -3.12. The van der Waals surface area contributed by atoms with Crippen LogP contribution in [0.15, 0.2) is 54.6 Å². The maximum atomic E-state index is 5.79. The van der Waals surface area contributed by atoms with Crippen molar-refractivity contribution in [2.24, 2.45) is 0 Å². The van der Waals surface area contributed by atoms with E-state index in [1.165, 1.54) is 37.1 Å². The van der Waals surface area contributed by atoms with Crippen LogP contribution in [0.5, 0.6) is 5.75 Å². The fraction of sp³-hybridized carbons (Fsp3) is 0.364. The van der Waals surface area contributed by atoms with Crippen LogP contribution in [0.1, 0.15) is 36.5 Å². The van der Waals surface area contributed by atoms with Gasteiger partial charge >= 0.3 is 0 Å². The molecule has 124 valence electrons. The van der Waals surface area contributed by atoms with Gasteiger partial charge in [-0.05, 0) is 30.2 Å². The van der Waals surface area contributed by atoms with Gasteiger partial charge in [0.1, 0.15) is 12.3 Å². The number of ether oxygens (including phenoxy) is 1. The van der Waals surface area contributed by atoms with E-state index in [-0.39, 0.29) is 0 Å². The standard InChI is InChI=1S/C22H25NO/c1-2-24-21-10-6-4-8-19(21)17-23-15-13-22(14-16-23)12-11-18-7-3-5-9-20(18)22/h3-12H,2,13-17H2,1H3/p+1. The average molecular weight is 320 g/mol. The van der Waals surface area contributed by atoms with E-state index < -0.39 is 0 Å². The Kier molecular flexibility index (Phi) is 4.15. The Bertz CT molecular complexity index is 741. The molecule has 0 atom stereocenters. The van der Waals surface area contributed by atoms with Gasteiger partial charge in [-0.3, -0.25) is 0 Å². The molecule has 0 bridgehead atoms. The molecule has 1 saturated heterocycles. The normalized spacial score (nSPS) is 25.0. The van der Waals surface area contributed by atoms with Crippen LogP contribution in [0, 0.1) is 0 Å². The first-order valence-electron chi connectivity index (χ1n) is 9.14. The van der Waals surface area contributed by atoms with Crippen molar-refractivity contribution in [1.29, 1.82) is 0 Å². The number of hydrogen-bond acceptors (Lipinski definition) is 1. The minimum atomic E-state index is 0.291. The Morgan fingerprint density at radius 2 is 1.75 bits per heavy atom. The van der Waals surface area contributed by atoms with Crippen LogP contribution in [-0.2, 0) is 12.0 Å². The van der Waals surface area contributed by atoms with Gasteiger partial charge in [0.25, 0.3) is 0 Å². The number of allylic oxidation sites excluding steroid dienone is 1. The molecule has 24 heavy (non-hydrogen) atoms. The highest BCUT2D eigenvalue weighted by molar-refractivity contribution is 5.65. The quantitative estimate of drug-likeness (QED) is 0.913. The molecule has 0 aromatic heterocycles. The van der Waals surface area contributed by atoms with Crippen molar-refractivity contribution in [1.82, 2.24) is 0 Å². The van der Waals surface area contributed by atoms with Crippen LogP contribution < -0.4 is 9.64 Å². The number of hydrogen-bond donors (Lipinski definition) is 1. The molecule has 4 rings (SSSR count). The molecule has 1 N–H and O–H groups in total. The van der Waals surface area contributed by atoms with Crippen molar-refractivity contribution in [2.45, 2.75) is 31.7 Å². The fourth-order valence-corrected chi connectivity index (χ4v) is 4.31. The van der Waals surface area contributed by atoms with Crippen LogP contribution in [0.2, 0.25) is 0 Å². The first kappa shape index (κ1) is 15.5. The molecule has 1 aliphatic heterocycles. The second kappa shape index (κ2) is 6.45. The summed E-state index contributed by atoms with van der Waals surface area (Å²) in [7, 11) is 0. The van der Waals surface area contributed by atoms with Crippen molar-refractivity contribution in [2.75, 3.05) is 19.7 Å². The predicted molar refractivity (Wildman–Crippen MR) is 98.4 cm³/mol. The third kappa shape index (κ3) is 2.76. The highest BCUT2D eigenvalue weighted by Gasteiger charge is 2.39. The fourth-order valence-electron chi connectivity index (χ4n) is 4.31. The summed E-state index contributed by atoms with van der Waals surface area (Å²) in [5, 5.41) is 0. The van der Waals surface area contributed by atoms with E-state index in [4.69, 9.17) is 4.74 Å². The molecule has 2 nitrogen and oxygen atoms in total. The lowest BCUT2D eigenvalue weighted by Gasteiger charge is -2.37. The summed E-state index contributed by atoms with van der Waals surface area (Å²) in [6.07, 6.45) is 7.27. The highest BCUT2D eigenvalue weighted by Crippen LogP contribution is 2.41. The SMILES string of the molecule is CCOc1ccccc1C[NH+]1CCC2(C=Cc3ccccc32)CC1. The van der Waals surface area contributed by atoms with Gasteiger partial charge in [0.2, 0.25) is 0 Å². The van der Waals surface area contributed by atoms with Crippen molar-refractivity contribution in [3.8, 4) is 5.75 Å². The Morgan fingerprint density at radius 1 is 1.00 bits per heavy atom. The Balaban J connectivity index is 1.45. The van der Waals surface area contributed by atoms with E-state index in [0.29, 0.717) is 5.41 Å². The first-order valence-corrected chi connectivity index (χ1v) is 9.14. The van der Waals surface area contributed by atoms with Crippen molar-refractivity contribution in [3.05, 3.63) is 71.3 Å². The van der Waals surface area contributed by atoms with Crippen molar-refractivity contribution in [3.63, 3.8) is 0 Å². The summed E-state index contributed by atoms with van der Waals surface area (Å²) in [6.45, 7) is 6.30. The van der Waals surface area contributed by atoms with E-state index in [1.54, 1.807) is 10.5 Å². The molecule has 2 heteroatoms. The zero-order valence-corrected chi connectivity index (χ0v) is 14.4. The van der Waals surface area contributed by atoms with Gasteiger partial charge in [0.15, 0.2) is 0 Å². The molecule has 1 fully saturated rings. The number of para-hydroxylation sites is 1. The largest absolute Gasteiger partial charge is 0.493 e. The van der Waals surface area contributed by atoms with Gasteiger partial charge in [-0.25, -0.2) is 0 Å². The number of benzene rings is 2. The topological polar surface area (TPSA) is 13.7 Å². The number of piperidine rings is 1. The third-order valence-electron chi connectivity index (χ3n) is 5.64. The lowest BCUT2D eigenvalue weighted by atomic mass is 9.74. The summed E-state index contributed by atoms with van der Waals surface area (Å²) in [5.41, 5.74) is 4.59. The molecule has 2 aromatic rings. The predicted octanol–water partition coefficient (Wildman–Crippen LogP) is 3.23. The van der Waals surface area contributed by atoms with E-state index in [9.17, 15) is 0 Å². The summed E-state index contributed by atoms with van der Waals surface area (Å²) in [4.78, 5) is 1.67. The zero-order chi connectivity index (χ0) is 16.4. The molecule has 1 aliphatic carbocycles. The van der Waals surface area contributed by atoms with Gasteiger partial charge in [-0.15, -0.1) is 0 Å². The number of quaternary nitrogens is 1. The summed E-state index contributed by atoms with van der Waals surface area (Å²) in [5.74, 6) is 1.05. The summed E-state index contributed by atoms with van der Waals surface area (Å²) in [6, 6.07) is 17.4. The van der Waals surface area contributed by atoms with Crippen LogP contribution in [0.25, 0.3) is 6.08 Å². The Labute approximate surface area is 144 Å². The van der Waals surface area contributed by atoms with Gasteiger partial charge in [-0.2, -0.15) is 0 Å². The molecule has 0 unspecified atom stereocenters. The number of nitrogens with one attached hydrogen (secondary N) is 1. The molecule has 2 aromatic carbocycles. The van der Waals surface area contributed by atoms with E-state index in [1.807, 2.05) is 0 Å². The van der Waals surface area contributed by atoms with Crippen LogP contribution in [0.3, 0.4) is 0 Å². The summed E-state index contributed by atoms with van der Waals surface area (Å²) >= 11 is 0. The average Bonchev–Trinajstić information content (AvgIpc) is 2.98. The molecular weight excluding hydrogens is 294 g/mol. The second-order valence-corrected chi connectivity index (χ2v) is 7.04. The molecule has 0 amide bonds. The number of likely N-dealkylation sites (tertiary alicyclic amines) is 1. The maximum Gasteiger partial charge on any atom is 0.128 e. The first-order chi connectivity index (χ1) is 11.8. The number of rotatable bonds is 4. The minimum absolute atomic E-state index is 0.291. The molecule has 1 heterocycles. The summed E-state index contributed by atoms with van der Waals surface area (Å²) < 4.78 is 5.79. The molecule has 0 radical (unpaired) electrons. The maximum absolute atomic E-state index is 5.79. The minimum Gasteiger partial charge on any atom is -0.493 e. The van der Waals surface area contributed by atoms with Crippen LogP contribution in [-0.4, -0.2) is 19.7 Å². The van der Waals surface area contributed by atoms with Gasteiger partial charge < -0.3 is 9.64 Å². The smallest absolute Gasteiger partial charge is 0.128 e. The van der Waals surface area contributed by atoms with E-state index in [0.717, 1.165) is 18.9 Å². The Morgan fingerprint density at radius 3 is 2.58 bits per heavy atom. The lowest BCUT2D eigenvalue weighted by molar-refractivity contribution is -0.919. The van der Waals surface area contributed by atoms with E-state index in [2.05, 4.69) is 67.6 Å². The highest BCUT2D eigenvalue weighted by atomic mass is 16.5. The molecule has 2 aliphatic rings. The molecule has 0 saturated carbocycles. The van der Waals surface area contributed by atoms with Crippen LogP contribution >= 0.6 is 0 Å². The van der Waals surface area contributed by atoms with Crippen LogP contribution in [0.4, 0.5) is 0 Å².